The minimum atomic E-state index is -3.81. The molecule has 5 aromatic rings. The number of piperazine rings is 1. The van der Waals surface area contributed by atoms with Crippen molar-refractivity contribution < 1.29 is 37.1 Å². The highest BCUT2D eigenvalue weighted by atomic mass is 79.9. The number of aryl methyl sites for hydroxylation is 1. The summed E-state index contributed by atoms with van der Waals surface area (Å²) in [6.45, 7) is 5.46. The number of methoxy groups -OCH3 is 1. The number of amides is 3. The maximum atomic E-state index is 15.4. The van der Waals surface area contributed by atoms with Crippen LogP contribution in [0.5, 0.6) is 5.75 Å². The average Bonchev–Trinajstić information content (AvgIpc) is 3.57. The van der Waals surface area contributed by atoms with Crippen molar-refractivity contribution in [3.8, 4) is 5.75 Å². The van der Waals surface area contributed by atoms with E-state index in [0.717, 1.165) is 16.8 Å². The fourth-order valence-electron chi connectivity index (χ4n) is 7.92. The molecule has 17 nitrogen and oxygen atoms in total. The zero-order valence-corrected chi connectivity index (χ0v) is 35.6. The van der Waals surface area contributed by atoms with E-state index in [4.69, 9.17) is 18.8 Å². The Bertz CT molecular complexity index is 2590. The topological polar surface area (TPSA) is 193 Å². The molecule has 0 spiro atoms. The van der Waals surface area contributed by atoms with Gasteiger partial charge in [0.2, 0.25) is 17.8 Å². The van der Waals surface area contributed by atoms with Crippen LogP contribution < -0.4 is 30.9 Å². The monoisotopic (exact) mass is 902 g/mol. The van der Waals surface area contributed by atoms with Gasteiger partial charge in [-0.1, -0.05) is 6.07 Å². The number of hydrogen-bond donors (Lipinski definition) is 3. The lowest BCUT2D eigenvalue weighted by molar-refractivity contribution is -0.136. The summed E-state index contributed by atoms with van der Waals surface area (Å²) in [7, 11) is 0.394. The zero-order valence-electron chi connectivity index (χ0n) is 33.1. The van der Waals surface area contributed by atoms with Gasteiger partial charge < -0.3 is 34.2 Å². The van der Waals surface area contributed by atoms with Crippen LogP contribution in [0.3, 0.4) is 0 Å². The Morgan fingerprint density at radius 1 is 0.967 bits per heavy atom. The van der Waals surface area contributed by atoms with Crippen molar-refractivity contribution in [1.82, 2.24) is 35.1 Å². The van der Waals surface area contributed by atoms with Crippen LogP contribution in [0.15, 0.2) is 59.5 Å². The number of fused-ring (bicyclic) bond motifs is 2. The predicted octanol–water partition coefficient (Wildman–Crippen LogP) is 5.32. The number of aromatic nitrogens is 4. The highest BCUT2D eigenvalue weighted by Gasteiger charge is 2.41. The number of rotatable bonds is 12. The summed E-state index contributed by atoms with van der Waals surface area (Å²) in [6, 6.07) is 9.85. The number of carbonyl (C=O) groups excluding carboxylic acids is 3. The van der Waals surface area contributed by atoms with Crippen molar-refractivity contribution in [2.45, 2.75) is 38.9 Å². The summed E-state index contributed by atoms with van der Waals surface area (Å²) in [5.74, 6) is -0.823. The van der Waals surface area contributed by atoms with Gasteiger partial charge in [-0.05, 0) is 70.2 Å². The number of hydrogen-bond acceptors (Lipinski definition) is 15. The molecule has 2 fully saturated rings. The molecule has 1 unspecified atom stereocenters. The van der Waals surface area contributed by atoms with Gasteiger partial charge in [-0.15, -0.1) is 0 Å². The maximum absolute atomic E-state index is 15.4. The molecule has 2 aromatic heterocycles. The Morgan fingerprint density at radius 2 is 1.73 bits per heavy atom. The first-order valence-corrected chi connectivity index (χ1v) is 21.4. The van der Waals surface area contributed by atoms with E-state index >= 15 is 4.39 Å². The third kappa shape index (κ3) is 7.90. The first-order chi connectivity index (χ1) is 28.9. The molecule has 3 aromatic carbocycles. The second kappa shape index (κ2) is 16.8. The van der Waals surface area contributed by atoms with Crippen LogP contribution in [0, 0.1) is 12.7 Å². The summed E-state index contributed by atoms with van der Waals surface area (Å²) < 4.78 is 46.3. The van der Waals surface area contributed by atoms with Crippen LogP contribution in [-0.4, -0.2) is 101 Å². The lowest BCUT2D eigenvalue weighted by atomic mass is 10.0. The van der Waals surface area contributed by atoms with Gasteiger partial charge in [0, 0.05) is 90.3 Å². The van der Waals surface area contributed by atoms with Gasteiger partial charge >= 0.3 is 7.60 Å². The van der Waals surface area contributed by atoms with Gasteiger partial charge in [-0.25, -0.2) is 9.37 Å². The highest BCUT2D eigenvalue weighted by Crippen LogP contribution is 2.49. The number of carbonyl (C=O) groups is 3. The quantitative estimate of drug-likeness (QED) is 0.108. The van der Waals surface area contributed by atoms with E-state index in [2.05, 4.69) is 56.6 Å². The van der Waals surface area contributed by atoms with Crippen molar-refractivity contribution in [1.29, 1.82) is 0 Å². The first-order valence-electron chi connectivity index (χ1n) is 19.0. The van der Waals surface area contributed by atoms with Crippen LogP contribution >= 0.6 is 23.5 Å². The van der Waals surface area contributed by atoms with E-state index in [1.807, 2.05) is 25.1 Å². The molecule has 0 radical (unpaired) electrons. The molecule has 3 aliphatic heterocycles. The molecular weight excluding hydrogens is 862 g/mol. The lowest BCUT2D eigenvalue weighted by Crippen LogP contribution is -2.52. The molecule has 60 heavy (non-hydrogen) atoms. The Kier molecular flexibility index (Phi) is 11.5. The van der Waals surface area contributed by atoms with E-state index < -0.39 is 31.3 Å². The van der Waals surface area contributed by atoms with E-state index in [1.54, 1.807) is 31.6 Å². The van der Waals surface area contributed by atoms with Gasteiger partial charge in [0.05, 0.1) is 34.0 Å². The van der Waals surface area contributed by atoms with Gasteiger partial charge in [0.25, 0.3) is 5.91 Å². The second-order valence-corrected chi connectivity index (χ2v) is 17.5. The van der Waals surface area contributed by atoms with Gasteiger partial charge in [0.1, 0.15) is 34.2 Å². The third-order valence-corrected chi connectivity index (χ3v) is 13.4. The Labute approximate surface area is 352 Å². The standard InChI is InChI=1S/C40H41BrFN10O7P/c1-22-15-29(47-40-45-19-25(41)37(49-40)46-28-6-5-27-35(44-10-9-43-27)36(28)60(56,58-3)59-4)32(57-2)18-31(22)51-13-11-50(12-14-51)20-23-16-24-21-52(39(55)34(24)26(42)17-23)30-7-8-33(53)48-38(30)54/h5-6,9-10,15-19,30H,7-8,11-14,20-21H2,1-4H3,(H,48,53,54)(H2,45,46,47,49). The molecule has 5 heterocycles. The van der Waals surface area contributed by atoms with Crippen LogP contribution in [0.25, 0.3) is 11.0 Å². The number of nitrogens with zero attached hydrogens (tertiary/aromatic N) is 7. The summed E-state index contributed by atoms with van der Waals surface area (Å²) in [5, 5.41) is 9.01. The van der Waals surface area contributed by atoms with Crippen LogP contribution in [-0.2, 0) is 36.3 Å². The third-order valence-electron chi connectivity index (χ3n) is 10.9. The Hall–Kier alpha value is -5.59. The number of halogens is 2. The van der Waals surface area contributed by atoms with Crippen molar-refractivity contribution in [3.05, 3.63) is 87.5 Å². The predicted molar refractivity (Wildman–Crippen MR) is 225 cm³/mol. The highest BCUT2D eigenvalue weighted by molar-refractivity contribution is 9.10. The number of benzene rings is 3. The van der Waals surface area contributed by atoms with Crippen LogP contribution in [0.4, 0.5) is 33.2 Å². The fourth-order valence-corrected chi connectivity index (χ4v) is 9.58. The fraction of sp³-hybridized carbons (Fsp3) is 0.325. The molecule has 20 heteroatoms. The van der Waals surface area contributed by atoms with E-state index in [1.165, 1.54) is 31.4 Å². The SMILES string of the molecule is COc1cc(N2CCN(Cc3cc(F)c4c(c3)CN(C3CCC(=O)NC3=O)C4=O)CC2)c(C)cc1Nc1ncc(Br)c(Nc2ccc3nccnc3c2P(=O)(OC)OC)n1. The lowest BCUT2D eigenvalue weighted by Gasteiger charge is -2.37. The number of anilines is 5. The van der Waals surface area contributed by atoms with Crippen molar-refractivity contribution >= 4 is 86.4 Å². The van der Waals surface area contributed by atoms with Gasteiger partial charge in [-0.3, -0.25) is 39.1 Å². The minimum Gasteiger partial charge on any atom is -0.494 e. The molecule has 3 amide bonds. The van der Waals surface area contributed by atoms with Crippen molar-refractivity contribution in [3.63, 3.8) is 0 Å². The molecule has 1 atom stereocenters. The van der Waals surface area contributed by atoms with Crippen LogP contribution in [0.1, 0.15) is 39.9 Å². The van der Waals surface area contributed by atoms with E-state index in [-0.39, 0.29) is 42.1 Å². The smallest absolute Gasteiger partial charge is 0.365 e. The number of imide groups is 1. The molecule has 8 rings (SSSR count). The number of piperidine rings is 1. The molecule has 0 aliphatic carbocycles. The summed E-state index contributed by atoms with van der Waals surface area (Å²) in [6.07, 6.45) is 4.98. The molecule has 3 aliphatic rings. The minimum absolute atomic E-state index is 0.00672. The second-order valence-electron chi connectivity index (χ2n) is 14.5. The molecule has 2 saturated heterocycles. The first kappa shape index (κ1) is 41.2. The maximum Gasteiger partial charge on any atom is 0.365 e. The average molecular weight is 904 g/mol. The molecule has 0 bridgehead atoms. The largest absolute Gasteiger partial charge is 0.494 e. The molecule has 3 N–H and O–H groups in total. The van der Waals surface area contributed by atoms with Crippen molar-refractivity contribution in [2.24, 2.45) is 0 Å². The molecule has 312 valence electrons. The van der Waals surface area contributed by atoms with Crippen molar-refractivity contribution in [2.75, 3.05) is 63.0 Å². The number of nitrogens with one attached hydrogen (secondary N) is 3. The Balaban J connectivity index is 0.944. The van der Waals surface area contributed by atoms with E-state index in [9.17, 15) is 18.9 Å². The summed E-state index contributed by atoms with van der Waals surface area (Å²) in [4.78, 5) is 61.1. The molecule has 0 saturated carbocycles. The van der Waals surface area contributed by atoms with Gasteiger partial charge in [0.15, 0.2) is 0 Å². The van der Waals surface area contributed by atoms with E-state index in [0.29, 0.717) is 76.7 Å². The summed E-state index contributed by atoms with van der Waals surface area (Å²) >= 11 is 3.52. The van der Waals surface area contributed by atoms with Gasteiger partial charge in [-0.2, -0.15) is 4.98 Å². The van der Waals surface area contributed by atoms with Crippen LogP contribution in [0.2, 0.25) is 0 Å². The Morgan fingerprint density at radius 3 is 2.47 bits per heavy atom. The normalized spacial score (nSPS) is 17.2. The summed E-state index contributed by atoms with van der Waals surface area (Å²) in [5.41, 5.74) is 5.18. The molecular formula is C40H41BrFN10O7P. The zero-order chi connectivity index (χ0) is 42.3. The number of ether oxygens (including phenoxy) is 1.